The van der Waals surface area contributed by atoms with Crippen LogP contribution in [-0.2, 0) is 4.74 Å². The minimum Gasteiger partial charge on any atom is -0.366 e. The summed E-state index contributed by atoms with van der Waals surface area (Å²) in [6.07, 6.45) is 0. The van der Waals surface area contributed by atoms with E-state index in [0.717, 1.165) is 0 Å². The van der Waals surface area contributed by atoms with Crippen molar-refractivity contribution in [3.05, 3.63) is 34.1 Å². The van der Waals surface area contributed by atoms with Crippen molar-refractivity contribution in [3.63, 3.8) is 0 Å². The van der Waals surface area contributed by atoms with Gasteiger partial charge in [-0.1, -0.05) is 6.07 Å². The van der Waals surface area contributed by atoms with Gasteiger partial charge in [-0.25, -0.2) is 4.39 Å². The van der Waals surface area contributed by atoms with E-state index in [1.54, 1.807) is 17.0 Å². The second-order valence-corrected chi connectivity index (χ2v) is 7.18. The van der Waals surface area contributed by atoms with Gasteiger partial charge in [-0.05, 0) is 55.8 Å². The minimum absolute atomic E-state index is 0.180. The average molecular weight is 344 g/mol. The highest BCUT2D eigenvalue weighted by atomic mass is 79.9. The van der Waals surface area contributed by atoms with E-state index in [-0.39, 0.29) is 10.4 Å². The molecule has 1 aliphatic heterocycles. The van der Waals surface area contributed by atoms with Crippen LogP contribution in [0.25, 0.3) is 0 Å². The Hall–Kier alpha value is -0.940. The van der Waals surface area contributed by atoms with Gasteiger partial charge in [0.05, 0.1) is 21.2 Å². The van der Waals surface area contributed by atoms with Crippen molar-refractivity contribution in [3.8, 4) is 0 Å². The van der Waals surface area contributed by atoms with Crippen molar-refractivity contribution in [2.75, 3.05) is 13.1 Å². The molecule has 1 heterocycles. The van der Waals surface area contributed by atoms with Gasteiger partial charge in [0.1, 0.15) is 5.82 Å². The summed E-state index contributed by atoms with van der Waals surface area (Å²) >= 11 is 3.15. The van der Waals surface area contributed by atoms with Gasteiger partial charge in [0.2, 0.25) is 0 Å². The van der Waals surface area contributed by atoms with Crippen LogP contribution in [0.3, 0.4) is 0 Å². The van der Waals surface area contributed by atoms with Crippen LogP contribution in [0.5, 0.6) is 0 Å². The van der Waals surface area contributed by atoms with Crippen LogP contribution >= 0.6 is 15.9 Å². The summed E-state index contributed by atoms with van der Waals surface area (Å²) < 4.78 is 19.7. The Morgan fingerprint density at radius 1 is 1.25 bits per heavy atom. The maximum absolute atomic E-state index is 13.6. The molecular formula is C15H19BrFNO2. The predicted molar refractivity (Wildman–Crippen MR) is 79.2 cm³/mol. The number of carbonyl (C=O) groups is 1. The van der Waals surface area contributed by atoms with E-state index >= 15 is 0 Å². The van der Waals surface area contributed by atoms with Crippen LogP contribution in [0, 0.1) is 5.82 Å². The summed E-state index contributed by atoms with van der Waals surface area (Å²) in [6.45, 7) is 8.78. The minimum atomic E-state index is -0.428. The number of amides is 1. The number of hydrogen-bond donors (Lipinski definition) is 0. The molecule has 1 aliphatic rings. The van der Waals surface area contributed by atoms with E-state index in [2.05, 4.69) is 15.9 Å². The second kappa shape index (κ2) is 5.11. The Balaban J connectivity index is 2.31. The van der Waals surface area contributed by atoms with Crippen molar-refractivity contribution in [1.29, 1.82) is 0 Å². The molecule has 1 fully saturated rings. The number of carbonyl (C=O) groups excluding carboxylic acids is 1. The Bertz CT molecular complexity index is 527. The zero-order chi connectivity index (χ0) is 15.1. The summed E-state index contributed by atoms with van der Waals surface area (Å²) in [6, 6.07) is 4.50. The first-order chi connectivity index (χ1) is 9.11. The van der Waals surface area contributed by atoms with Gasteiger partial charge in [-0.2, -0.15) is 0 Å². The third-order valence-electron chi connectivity index (χ3n) is 3.17. The lowest BCUT2D eigenvalue weighted by Crippen LogP contribution is -2.58. The number of hydrogen-bond acceptors (Lipinski definition) is 2. The van der Waals surface area contributed by atoms with Gasteiger partial charge in [0, 0.05) is 13.1 Å². The molecule has 20 heavy (non-hydrogen) atoms. The van der Waals surface area contributed by atoms with E-state index in [1.807, 2.05) is 27.7 Å². The average Bonchev–Trinajstić information content (AvgIpc) is 2.28. The molecule has 0 N–H and O–H groups in total. The van der Waals surface area contributed by atoms with Crippen molar-refractivity contribution in [2.45, 2.75) is 38.9 Å². The zero-order valence-corrected chi connectivity index (χ0v) is 13.8. The molecule has 1 saturated heterocycles. The number of morpholine rings is 1. The predicted octanol–water partition coefficient (Wildman–Crippen LogP) is 3.62. The van der Waals surface area contributed by atoms with Crippen LogP contribution in [0.1, 0.15) is 38.1 Å². The van der Waals surface area contributed by atoms with E-state index in [1.165, 1.54) is 6.07 Å². The molecule has 5 heteroatoms. The number of halogens is 2. The Morgan fingerprint density at radius 2 is 1.80 bits per heavy atom. The number of nitrogens with zero attached hydrogens (tertiary/aromatic N) is 1. The topological polar surface area (TPSA) is 29.5 Å². The van der Waals surface area contributed by atoms with Crippen LogP contribution in [-0.4, -0.2) is 35.1 Å². The van der Waals surface area contributed by atoms with Crippen molar-refractivity contribution >= 4 is 21.8 Å². The maximum atomic E-state index is 13.6. The summed E-state index contributed by atoms with van der Waals surface area (Å²) in [5, 5.41) is 0. The molecule has 0 aliphatic carbocycles. The highest BCUT2D eigenvalue weighted by Crippen LogP contribution is 2.30. The van der Waals surface area contributed by atoms with Crippen LogP contribution in [0.15, 0.2) is 22.7 Å². The molecule has 110 valence electrons. The molecule has 1 aromatic rings. The molecule has 0 aromatic heterocycles. The molecule has 3 nitrogen and oxygen atoms in total. The van der Waals surface area contributed by atoms with E-state index in [9.17, 15) is 9.18 Å². The first-order valence-electron chi connectivity index (χ1n) is 6.55. The van der Waals surface area contributed by atoms with Crippen LogP contribution in [0.2, 0.25) is 0 Å². The number of benzene rings is 1. The Morgan fingerprint density at radius 3 is 2.35 bits per heavy atom. The third kappa shape index (κ3) is 3.20. The van der Waals surface area contributed by atoms with Crippen LogP contribution in [0.4, 0.5) is 4.39 Å². The molecule has 0 radical (unpaired) electrons. The Labute approximate surface area is 127 Å². The third-order valence-corrected chi connectivity index (χ3v) is 3.97. The molecular weight excluding hydrogens is 325 g/mol. The van der Waals surface area contributed by atoms with Gasteiger partial charge < -0.3 is 9.64 Å². The fourth-order valence-corrected chi connectivity index (χ4v) is 3.20. The highest BCUT2D eigenvalue weighted by molar-refractivity contribution is 9.10. The summed E-state index contributed by atoms with van der Waals surface area (Å²) in [5.41, 5.74) is -0.493. The van der Waals surface area contributed by atoms with Gasteiger partial charge in [-0.3, -0.25) is 4.79 Å². The smallest absolute Gasteiger partial charge is 0.255 e. The van der Waals surface area contributed by atoms with E-state index < -0.39 is 17.0 Å². The molecule has 0 unspecified atom stereocenters. The first-order valence-corrected chi connectivity index (χ1v) is 7.34. The standard InChI is InChI=1S/C15H19BrFNO2/c1-14(2)8-18(9-15(3,4)20-14)13(19)10-6-5-7-11(17)12(10)16/h5-7H,8-9H2,1-4H3. The van der Waals surface area contributed by atoms with Crippen molar-refractivity contribution < 1.29 is 13.9 Å². The van der Waals surface area contributed by atoms with Gasteiger partial charge in [0.15, 0.2) is 0 Å². The lowest BCUT2D eigenvalue weighted by atomic mass is 9.98. The Kier molecular flexibility index (Phi) is 3.95. The van der Waals surface area contributed by atoms with Gasteiger partial charge in [0.25, 0.3) is 5.91 Å². The zero-order valence-electron chi connectivity index (χ0n) is 12.2. The lowest BCUT2D eigenvalue weighted by Gasteiger charge is -2.47. The van der Waals surface area contributed by atoms with E-state index in [0.29, 0.717) is 18.7 Å². The molecule has 0 spiro atoms. The fraction of sp³-hybridized carbons (Fsp3) is 0.533. The summed E-state index contributed by atoms with van der Waals surface area (Å²) in [4.78, 5) is 14.3. The SMILES string of the molecule is CC1(C)CN(C(=O)c2cccc(F)c2Br)CC(C)(C)O1. The van der Waals surface area contributed by atoms with Crippen molar-refractivity contribution in [1.82, 2.24) is 4.90 Å². The molecule has 1 aromatic carbocycles. The molecule has 0 saturated carbocycles. The monoisotopic (exact) mass is 343 g/mol. The number of rotatable bonds is 1. The lowest BCUT2D eigenvalue weighted by molar-refractivity contribution is -0.171. The normalized spacial score (nSPS) is 20.8. The van der Waals surface area contributed by atoms with Gasteiger partial charge in [-0.15, -0.1) is 0 Å². The van der Waals surface area contributed by atoms with Gasteiger partial charge >= 0.3 is 0 Å². The molecule has 2 rings (SSSR count). The summed E-state index contributed by atoms with van der Waals surface area (Å²) in [5.74, 6) is -0.608. The molecule has 0 atom stereocenters. The maximum Gasteiger partial charge on any atom is 0.255 e. The molecule has 1 amide bonds. The fourth-order valence-electron chi connectivity index (χ4n) is 2.77. The first kappa shape index (κ1) is 15.4. The molecule has 0 bridgehead atoms. The largest absolute Gasteiger partial charge is 0.366 e. The summed E-state index contributed by atoms with van der Waals surface area (Å²) in [7, 11) is 0. The quantitative estimate of drug-likeness (QED) is 0.779. The number of ether oxygens (including phenoxy) is 1. The van der Waals surface area contributed by atoms with Crippen molar-refractivity contribution in [2.24, 2.45) is 0 Å². The highest BCUT2D eigenvalue weighted by Gasteiger charge is 2.40. The van der Waals surface area contributed by atoms with Crippen LogP contribution < -0.4 is 0 Å². The second-order valence-electron chi connectivity index (χ2n) is 6.38. The van der Waals surface area contributed by atoms with E-state index in [4.69, 9.17) is 4.74 Å².